The molecule has 3 aliphatic heterocycles. The summed E-state index contributed by atoms with van der Waals surface area (Å²) in [6.45, 7) is 8.85. The molecule has 2 aromatic carbocycles. The van der Waals surface area contributed by atoms with E-state index in [0.717, 1.165) is 30.8 Å². The van der Waals surface area contributed by atoms with E-state index >= 15 is 0 Å². The molecular weight excluding hydrogens is 512 g/mol. The van der Waals surface area contributed by atoms with Crippen LogP contribution in [0.3, 0.4) is 0 Å². The second kappa shape index (κ2) is 12.1. The number of hydrogen-bond acceptors (Lipinski definition) is 7. The Morgan fingerprint density at radius 1 is 1.00 bits per heavy atom. The average Bonchev–Trinajstić information content (AvgIpc) is 3.28. The van der Waals surface area contributed by atoms with Gasteiger partial charge in [-0.15, -0.1) is 0 Å². The molecule has 1 unspecified atom stereocenters. The molecule has 3 aliphatic rings. The minimum absolute atomic E-state index is 0.215. The predicted octanol–water partition coefficient (Wildman–Crippen LogP) is 2.94. The highest BCUT2D eigenvalue weighted by Crippen LogP contribution is 2.34. The Bertz CT molecular complexity index is 1270. The van der Waals surface area contributed by atoms with Crippen molar-refractivity contribution >= 4 is 23.8 Å². The van der Waals surface area contributed by atoms with Gasteiger partial charge in [0.2, 0.25) is 11.8 Å². The van der Waals surface area contributed by atoms with Gasteiger partial charge in [0, 0.05) is 50.3 Å². The summed E-state index contributed by atoms with van der Waals surface area (Å²) in [7, 11) is 0. The van der Waals surface area contributed by atoms with E-state index in [2.05, 4.69) is 22.3 Å². The minimum atomic E-state index is -0.653. The number of fused-ring (bicyclic) bond motifs is 1. The Kier molecular flexibility index (Phi) is 8.35. The molecule has 10 heteroatoms. The van der Waals surface area contributed by atoms with Crippen molar-refractivity contribution in [1.29, 1.82) is 0 Å². The Morgan fingerprint density at radius 3 is 2.42 bits per heavy atom. The van der Waals surface area contributed by atoms with Crippen molar-refractivity contribution in [2.24, 2.45) is 5.92 Å². The number of piperidine rings is 1. The molecule has 0 bridgehead atoms. The number of nitrogens with zero attached hydrogens (tertiary/aromatic N) is 3. The number of carbonyl (C=O) groups excluding carboxylic acids is 4. The summed E-state index contributed by atoms with van der Waals surface area (Å²) in [4.78, 5) is 54.7. The minimum Gasteiger partial charge on any atom is -0.489 e. The number of hydrogen-bond donors (Lipinski definition) is 1. The molecule has 5 rings (SSSR count). The quantitative estimate of drug-likeness (QED) is 0.506. The first kappa shape index (κ1) is 27.6. The molecule has 0 spiro atoms. The lowest BCUT2D eigenvalue weighted by atomic mass is 10.0. The highest BCUT2D eigenvalue weighted by molar-refractivity contribution is 6.05. The zero-order chi connectivity index (χ0) is 28.2. The second-order valence-corrected chi connectivity index (χ2v) is 11.0. The summed E-state index contributed by atoms with van der Waals surface area (Å²) in [5, 5.41) is 2.33. The lowest BCUT2D eigenvalue weighted by Gasteiger charge is -2.34. The van der Waals surface area contributed by atoms with Crippen LogP contribution in [0, 0.1) is 5.92 Å². The summed E-state index contributed by atoms with van der Waals surface area (Å²) < 4.78 is 11.5. The van der Waals surface area contributed by atoms with Crippen molar-refractivity contribution < 1.29 is 28.7 Å². The smallest absolute Gasteiger partial charge is 0.409 e. The molecule has 2 saturated heterocycles. The zero-order valence-corrected chi connectivity index (χ0v) is 23.1. The van der Waals surface area contributed by atoms with Crippen LogP contribution in [-0.4, -0.2) is 77.3 Å². The molecule has 2 aromatic rings. The van der Waals surface area contributed by atoms with Gasteiger partial charge in [0.05, 0.1) is 13.2 Å². The molecule has 3 heterocycles. The van der Waals surface area contributed by atoms with Gasteiger partial charge in [-0.2, -0.15) is 0 Å². The van der Waals surface area contributed by atoms with Crippen LogP contribution in [-0.2, 0) is 34.0 Å². The first-order chi connectivity index (χ1) is 19.3. The van der Waals surface area contributed by atoms with Crippen molar-refractivity contribution in [2.45, 2.75) is 52.4 Å². The van der Waals surface area contributed by atoms with Crippen LogP contribution in [0.2, 0.25) is 0 Å². The third kappa shape index (κ3) is 6.28. The van der Waals surface area contributed by atoms with Crippen LogP contribution >= 0.6 is 0 Å². The number of ether oxygens (including phenoxy) is 2. The van der Waals surface area contributed by atoms with Crippen LogP contribution in [0.5, 0.6) is 5.75 Å². The summed E-state index contributed by atoms with van der Waals surface area (Å²) >= 11 is 0. The van der Waals surface area contributed by atoms with Crippen molar-refractivity contribution in [2.75, 3.05) is 32.8 Å². The van der Waals surface area contributed by atoms with Gasteiger partial charge in [-0.05, 0) is 35.6 Å². The van der Waals surface area contributed by atoms with Gasteiger partial charge < -0.3 is 19.3 Å². The normalized spacial score (nSPS) is 19.6. The van der Waals surface area contributed by atoms with E-state index in [0.29, 0.717) is 50.0 Å². The summed E-state index contributed by atoms with van der Waals surface area (Å²) in [6.07, 6.45) is 0.321. The van der Waals surface area contributed by atoms with Gasteiger partial charge in [-0.3, -0.25) is 24.6 Å². The molecule has 0 aliphatic carbocycles. The van der Waals surface area contributed by atoms with Gasteiger partial charge in [0.15, 0.2) is 0 Å². The van der Waals surface area contributed by atoms with Gasteiger partial charge in [-0.1, -0.05) is 44.2 Å². The average molecular weight is 549 g/mol. The fourth-order valence-corrected chi connectivity index (χ4v) is 5.27. The molecule has 212 valence electrons. The third-order valence-corrected chi connectivity index (χ3v) is 7.53. The molecule has 0 saturated carbocycles. The number of imide groups is 1. The monoisotopic (exact) mass is 548 g/mol. The lowest BCUT2D eigenvalue weighted by molar-refractivity contribution is -0.136. The summed E-state index contributed by atoms with van der Waals surface area (Å²) in [5.41, 5.74) is 3.49. The maximum absolute atomic E-state index is 13.0. The van der Waals surface area contributed by atoms with Gasteiger partial charge in [-0.25, -0.2) is 4.79 Å². The zero-order valence-electron chi connectivity index (χ0n) is 23.1. The molecule has 1 atom stereocenters. The topological polar surface area (TPSA) is 108 Å². The van der Waals surface area contributed by atoms with E-state index in [1.54, 1.807) is 17.0 Å². The predicted molar refractivity (Wildman–Crippen MR) is 146 cm³/mol. The van der Waals surface area contributed by atoms with E-state index < -0.39 is 11.9 Å². The van der Waals surface area contributed by atoms with Gasteiger partial charge >= 0.3 is 6.09 Å². The van der Waals surface area contributed by atoms with Crippen LogP contribution in [0.15, 0.2) is 42.5 Å². The molecule has 1 N–H and O–H groups in total. The van der Waals surface area contributed by atoms with Crippen molar-refractivity contribution in [3.63, 3.8) is 0 Å². The Morgan fingerprint density at radius 2 is 1.73 bits per heavy atom. The SMILES string of the molecule is CC(C)COC(=O)N1CCN(Cc2ccc(COc3cccc4c3CN(C3CCC(=O)NC3=O)C4=O)cc2)CC1. The first-order valence-electron chi connectivity index (χ1n) is 13.9. The maximum atomic E-state index is 13.0. The molecule has 4 amide bonds. The molecular formula is C30H36N4O6. The Hall–Kier alpha value is -3.92. The van der Waals surface area contributed by atoms with Crippen molar-refractivity contribution in [3.8, 4) is 5.75 Å². The van der Waals surface area contributed by atoms with E-state index in [1.165, 1.54) is 10.5 Å². The summed E-state index contributed by atoms with van der Waals surface area (Å²) in [5.74, 6) is 0.00174. The number of piperazine rings is 1. The largest absolute Gasteiger partial charge is 0.489 e. The van der Waals surface area contributed by atoms with Crippen LogP contribution in [0.1, 0.15) is 53.7 Å². The fraction of sp³-hybridized carbons (Fsp3) is 0.467. The Balaban J connectivity index is 1.12. The van der Waals surface area contributed by atoms with Crippen LogP contribution in [0.4, 0.5) is 4.79 Å². The standard InChI is InChI=1S/C30H36N4O6/c1-20(2)18-40-30(38)33-14-12-32(13-15-33)16-21-6-8-22(9-7-21)19-39-26-5-3-4-23-24(26)17-34(29(23)37)25-10-11-27(35)31-28(25)36/h3-9,20,25H,10-19H2,1-2H3,(H,31,35,36). The van der Waals surface area contributed by atoms with Crippen molar-refractivity contribution in [3.05, 3.63) is 64.7 Å². The van der Waals surface area contributed by atoms with E-state index in [9.17, 15) is 19.2 Å². The first-order valence-corrected chi connectivity index (χ1v) is 13.9. The van der Waals surface area contributed by atoms with Crippen molar-refractivity contribution in [1.82, 2.24) is 20.0 Å². The third-order valence-electron chi connectivity index (χ3n) is 7.53. The van der Waals surface area contributed by atoms with E-state index in [-0.39, 0.29) is 30.9 Å². The number of benzene rings is 2. The molecule has 10 nitrogen and oxygen atoms in total. The number of carbonyl (C=O) groups is 4. The lowest BCUT2D eigenvalue weighted by Crippen LogP contribution is -2.52. The molecule has 40 heavy (non-hydrogen) atoms. The molecule has 2 fully saturated rings. The number of amides is 4. The second-order valence-electron chi connectivity index (χ2n) is 11.0. The maximum Gasteiger partial charge on any atom is 0.409 e. The molecule has 0 aromatic heterocycles. The van der Waals surface area contributed by atoms with E-state index in [4.69, 9.17) is 9.47 Å². The highest BCUT2D eigenvalue weighted by Gasteiger charge is 2.40. The van der Waals surface area contributed by atoms with E-state index in [1.807, 2.05) is 32.0 Å². The number of rotatable bonds is 8. The molecule has 0 radical (unpaired) electrons. The summed E-state index contributed by atoms with van der Waals surface area (Å²) in [6, 6.07) is 13.0. The fourth-order valence-electron chi connectivity index (χ4n) is 5.27. The van der Waals surface area contributed by atoms with Gasteiger partial charge in [0.25, 0.3) is 5.91 Å². The van der Waals surface area contributed by atoms with Gasteiger partial charge in [0.1, 0.15) is 18.4 Å². The van der Waals surface area contributed by atoms with Crippen LogP contribution < -0.4 is 10.1 Å². The number of nitrogens with one attached hydrogen (secondary N) is 1. The van der Waals surface area contributed by atoms with Crippen LogP contribution in [0.25, 0.3) is 0 Å². The highest BCUT2D eigenvalue weighted by atomic mass is 16.6. The Labute approximate surface area is 234 Å².